The first-order valence-electron chi connectivity index (χ1n) is 5.67. The molecule has 0 aromatic carbocycles. The van der Waals surface area contributed by atoms with E-state index in [-0.39, 0.29) is 11.5 Å². The minimum Gasteiger partial charge on any atom is -0.387 e. The summed E-state index contributed by atoms with van der Waals surface area (Å²) in [6, 6.07) is 0. The fourth-order valence-corrected chi connectivity index (χ4v) is 4.31. The molecule has 2 aliphatic rings. The van der Waals surface area contributed by atoms with E-state index in [1.54, 1.807) is 0 Å². The van der Waals surface area contributed by atoms with E-state index in [9.17, 15) is 13.5 Å². The second-order valence-corrected chi connectivity index (χ2v) is 7.63. The molecule has 1 atom stereocenters. The molecule has 3 N–H and O–H groups in total. The van der Waals surface area contributed by atoms with Gasteiger partial charge in [0.25, 0.3) is 0 Å². The van der Waals surface area contributed by atoms with E-state index in [4.69, 9.17) is 5.73 Å². The summed E-state index contributed by atoms with van der Waals surface area (Å²) in [7, 11) is -0.983. The van der Waals surface area contributed by atoms with Crippen molar-refractivity contribution in [1.29, 1.82) is 0 Å². The molecular formula is C10H20N2O3S. The summed E-state index contributed by atoms with van der Waals surface area (Å²) >= 11 is 0. The van der Waals surface area contributed by atoms with Crippen LogP contribution in [0.1, 0.15) is 19.3 Å². The molecule has 2 fully saturated rings. The average molecular weight is 248 g/mol. The van der Waals surface area contributed by atoms with Gasteiger partial charge in [0.05, 0.1) is 17.1 Å². The van der Waals surface area contributed by atoms with E-state index in [0.717, 1.165) is 6.54 Å². The van der Waals surface area contributed by atoms with Gasteiger partial charge in [0.1, 0.15) is 9.84 Å². The second kappa shape index (κ2) is 3.66. The number of nitrogens with two attached hydrogens (primary N) is 1. The summed E-state index contributed by atoms with van der Waals surface area (Å²) in [5, 5.41) is 10.6. The van der Waals surface area contributed by atoms with Gasteiger partial charge in [-0.25, -0.2) is 8.42 Å². The lowest BCUT2D eigenvalue weighted by atomic mass is 9.75. The first-order valence-corrected chi connectivity index (χ1v) is 7.49. The van der Waals surface area contributed by atoms with Crippen molar-refractivity contribution in [3.63, 3.8) is 0 Å². The second-order valence-electron chi connectivity index (χ2n) is 5.33. The Hall–Kier alpha value is -0.170. The Morgan fingerprint density at radius 1 is 1.25 bits per heavy atom. The number of hydrogen-bond acceptors (Lipinski definition) is 5. The van der Waals surface area contributed by atoms with Crippen LogP contribution in [0.2, 0.25) is 0 Å². The summed E-state index contributed by atoms with van der Waals surface area (Å²) in [4.78, 5) is 2.04. The van der Waals surface area contributed by atoms with Crippen LogP contribution in [-0.2, 0) is 9.84 Å². The van der Waals surface area contributed by atoms with Crippen molar-refractivity contribution < 1.29 is 13.5 Å². The van der Waals surface area contributed by atoms with Gasteiger partial charge in [-0.1, -0.05) is 0 Å². The van der Waals surface area contributed by atoms with E-state index >= 15 is 0 Å². The third kappa shape index (κ3) is 1.99. The van der Waals surface area contributed by atoms with Crippen LogP contribution in [0.3, 0.4) is 0 Å². The zero-order valence-electron chi connectivity index (χ0n) is 9.65. The maximum atomic E-state index is 11.4. The van der Waals surface area contributed by atoms with Gasteiger partial charge in [-0.2, -0.15) is 0 Å². The summed E-state index contributed by atoms with van der Waals surface area (Å²) < 4.78 is 22.7. The number of β-amino-alcohol motifs (C(OH)–C–C–N with tert-alkyl or cyclic N) is 1. The number of likely N-dealkylation sites (N-methyl/N-ethyl adjacent to an activating group) is 1. The van der Waals surface area contributed by atoms with Crippen LogP contribution in [0.5, 0.6) is 0 Å². The number of hydrogen-bond donors (Lipinski definition) is 2. The predicted octanol–water partition coefficient (Wildman–Crippen LogP) is -1.04. The predicted molar refractivity (Wildman–Crippen MR) is 61.9 cm³/mol. The standard InChI is InChI=1S/C10H20N2O3S/c1-12-5-2-10(13,8-12)9(11)3-6-16(14,15)7-4-9/h13H,2-8,11H2,1H3. The van der Waals surface area contributed by atoms with Crippen molar-refractivity contribution in [3.8, 4) is 0 Å². The van der Waals surface area contributed by atoms with Gasteiger partial charge in [-0.15, -0.1) is 0 Å². The quantitative estimate of drug-likeness (QED) is 0.619. The molecule has 0 amide bonds. The molecule has 2 rings (SSSR count). The van der Waals surface area contributed by atoms with Gasteiger partial charge in [-0.05, 0) is 26.3 Å². The van der Waals surface area contributed by atoms with E-state index < -0.39 is 21.0 Å². The smallest absolute Gasteiger partial charge is 0.150 e. The maximum Gasteiger partial charge on any atom is 0.150 e. The van der Waals surface area contributed by atoms with Gasteiger partial charge in [0.2, 0.25) is 0 Å². The van der Waals surface area contributed by atoms with Crippen LogP contribution in [-0.4, -0.2) is 61.2 Å². The number of likely N-dealkylation sites (tertiary alicyclic amines) is 1. The lowest BCUT2D eigenvalue weighted by Crippen LogP contribution is -2.64. The summed E-state index contributed by atoms with van der Waals surface area (Å²) in [6.45, 7) is 1.37. The zero-order chi connectivity index (χ0) is 12.0. The number of rotatable bonds is 1. The molecule has 2 heterocycles. The molecule has 2 aliphatic heterocycles. The van der Waals surface area contributed by atoms with Crippen molar-refractivity contribution >= 4 is 9.84 Å². The lowest BCUT2D eigenvalue weighted by molar-refractivity contribution is -0.0298. The molecule has 0 saturated carbocycles. The molecule has 0 bridgehead atoms. The Bertz CT molecular complexity index is 368. The molecule has 0 aliphatic carbocycles. The van der Waals surface area contributed by atoms with E-state index in [1.807, 2.05) is 11.9 Å². The Labute approximate surface area is 96.5 Å². The Morgan fingerprint density at radius 2 is 1.81 bits per heavy atom. The van der Waals surface area contributed by atoms with Crippen LogP contribution in [0, 0.1) is 0 Å². The largest absolute Gasteiger partial charge is 0.387 e. The average Bonchev–Trinajstić information content (AvgIpc) is 2.54. The molecule has 0 aromatic rings. The minimum atomic E-state index is -2.93. The zero-order valence-corrected chi connectivity index (χ0v) is 10.5. The Balaban J connectivity index is 2.15. The van der Waals surface area contributed by atoms with Crippen molar-refractivity contribution in [2.24, 2.45) is 5.73 Å². The first kappa shape index (κ1) is 12.3. The van der Waals surface area contributed by atoms with Gasteiger partial charge in [-0.3, -0.25) is 0 Å². The molecule has 16 heavy (non-hydrogen) atoms. The molecular weight excluding hydrogens is 228 g/mol. The van der Waals surface area contributed by atoms with Gasteiger partial charge < -0.3 is 15.7 Å². The summed E-state index contributed by atoms with van der Waals surface area (Å²) in [5.41, 5.74) is 4.59. The monoisotopic (exact) mass is 248 g/mol. The number of aliphatic hydroxyl groups is 1. The molecule has 2 saturated heterocycles. The number of sulfone groups is 1. The third-order valence-corrected chi connectivity index (χ3v) is 5.74. The fraction of sp³-hybridized carbons (Fsp3) is 1.00. The molecule has 5 nitrogen and oxygen atoms in total. The molecule has 0 aromatic heterocycles. The Morgan fingerprint density at radius 3 is 2.25 bits per heavy atom. The van der Waals surface area contributed by atoms with Crippen LogP contribution in [0.15, 0.2) is 0 Å². The highest BCUT2D eigenvalue weighted by atomic mass is 32.2. The first-order chi connectivity index (χ1) is 7.27. The summed E-state index contributed by atoms with van der Waals surface area (Å²) in [5.74, 6) is 0.213. The SMILES string of the molecule is CN1CCC(O)(C2(N)CCS(=O)(=O)CC2)C1. The van der Waals surface area contributed by atoms with Crippen LogP contribution < -0.4 is 5.73 Å². The van der Waals surface area contributed by atoms with Crippen LogP contribution >= 0.6 is 0 Å². The normalized spacial score (nSPS) is 38.7. The molecule has 94 valence electrons. The topological polar surface area (TPSA) is 83.6 Å². The highest BCUT2D eigenvalue weighted by Gasteiger charge is 2.52. The molecule has 6 heteroatoms. The van der Waals surface area contributed by atoms with Crippen molar-refractivity contribution in [2.75, 3.05) is 31.6 Å². The maximum absolute atomic E-state index is 11.4. The van der Waals surface area contributed by atoms with Gasteiger partial charge in [0, 0.05) is 18.6 Å². The van der Waals surface area contributed by atoms with E-state index in [0.29, 0.717) is 25.8 Å². The highest BCUT2D eigenvalue weighted by Crippen LogP contribution is 2.37. The van der Waals surface area contributed by atoms with Gasteiger partial charge >= 0.3 is 0 Å². The van der Waals surface area contributed by atoms with E-state index in [1.165, 1.54) is 0 Å². The third-order valence-electron chi connectivity index (χ3n) is 4.08. The number of nitrogens with zero attached hydrogens (tertiary/aromatic N) is 1. The van der Waals surface area contributed by atoms with Gasteiger partial charge in [0.15, 0.2) is 0 Å². The highest BCUT2D eigenvalue weighted by molar-refractivity contribution is 7.91. The lowest BCUT2D eigenvalue weighted by Gasteiger charge is -2.44. The summed E-state index contributed by atoms with van der Waals surface area (Å²) in [6.07, 6.45) is 1.39. The molecule has 0 spiro atoms. The van der Waals surface area contributed by atoms with Crippen LogP contribution in [0.4, 0.5) is 0 Å². The van der Waals surface area contributed by atoms with Crippen molar-refractivity contribution in [2.45, 2.75) is 30.4 Å². The van der Waals surface area contributed by atoms with Crippen molar-refractivity contribution in [3.05, 3.63) is 0 Å². The Kier molecular flexibility index (Phi) is 2.81. The van der Waals surface area contributed by atoms with Crippen LogP contribution in [0.25, 0.3) is 0 Å². The molecule has 1 unspecified atom stereocenters. The van der Waals surface area contributed by atoms with Crippen molar-refractivity contribution in [1.82, 2.24) is 4.90 Å². The fourth-order valence-electron chi connectivity index (χ4n) is 2.75. The van der Waals surface area contributed by atoms with E-state index in [2.05, 4.69) is 0 Å². The molecule has 0 radical (unpaired) electrons. The minimum absolute atomic E-state index is 0.107.